The topological polar surface area (TPSA) is 57.5 Å². The molecule has 3 aromatic carbocycles. The normalized spacial score (nSPS) is 15.0. The molecule has 35 heavy (non-hydrogen) atoms. The second-order valence-electron chi connectivity index (χ2n) is 9.60. The van der Waals surface area contributed by atoms with Crippen molar-refractivity contribution in [2.24, 2.45) is 0 Å². The van der Waals surface area contributed by atoms with E-state index < -0.39 is 12.1 Å². The molecule has 5 rings (SSSR count). The molecule has 0 bridgehead atoms. The number of hydrogen-bond donors (Lipinski definition) is 2. The van der Waals surface area contributed by atoms with E-state index >= 15 is 0 Å². The smallest absolute Gasteiger partial charge is 0.304 e. The summed E-state index contributed by atoms with van der Waals surface area (Å²) in [6, 6.07) is 29.3. The third-order valence-electron chi connectivity index (χ3n) is 7.16. The van der Waals surface area contributed by atoms with Gasteiger partial charge in [-0.15, -0.1) is 11.3 Å². The van der Waals surface area contributed by atoms with Crippen molar-refractivity contribution in [3.8, 4) is 21.6 Å². The number of benzene rings is 3. The summed E-state index contributed by atoms with van der Waals surface area (Å²) in [7, 11) is 0. The quantitative estimate of drug-likeness (QED) is 0.244. The molecule has 4 aromatic rings. The summed E-state index contributed by atoms with van der Waals surface area (Å²) in [5.41, 5.74) is 6.66. The van der Waals surface area contributed by atoms with Crippen LogP contribution in [0.1, 0.15) is 54.9 Å². The fourth-order valence-corrected chi connectivity index (χ4v) is 5.92. The summed E-state index contributed by atoms with van der Waals surface area (Å²) >= 11 is 1.67. The first-order chi connectivity index (χ1) is 17.0. The SMILES string of the molecule is O=C(O)CC1(c2ccc(-c3ccc(-c4sccc4C(O)CCCc4ccccc4)cc3)cc2)CC1. The van der Waals surface area contributed by atoms with Crippen molar-refractivity contribution < 1.29 is 15.0 Å². The van der Waals surface area contributed by atoms with E-state index in [9.17, 15) is 15.0 Å². The number of thiophene rings is 1. The lowest BCUT2D eigenvalue weighted by molar-refractivity contribution is -0.137. The number of aliphatic hydroxyl groups excluding tert-OH is 1. The van der Waals surface area contributed by atoms with Gasteiger partial charge in [0.1, 0.15) is 0 Å². The number of rotatable bonds is 10. The standard InChI is InChI=1S/C31H30O3S/c32-28(8-4-7-22-5-2-1-3-6-22)27-17-20-35-30(27)25-11-9-23(10-12-25)24-13-15-26(16-14-24)31(18-19-31)21-29(33)34/h1-3,5-6,9-17,20,28,32H,4,7-8,18-19,21H2,(H,33,34). The third kappa shape index (κ3) is 5.39. The molecule has 1 aliphatic carbocycles. The summed E-state index contributed by atoms with van der Waals surface area (Å²) in [6.45, 7) is 0. The minimum absolute atomic E-state index is 0.161. The summed E-state index contributed by atoms with van der Waals surface area (Å²) in [5.74, 6) is -0.726. The highest BCUT2D eigenvalue weighted by Crippen LogP contribution is 2.51. The van der Waals surface area contributed by atoms with Crippen LogP contribution in [0.4, 0.5) is 0 Å². The molecule has 0 saturated heterocycles. The first kappa shape index (κ1) is 23.5. The first-order valence-electron chi connectivity index (χ1n) is 12.3. The van der Waals surface area contributed by atoms with Crippen molar-refractivity contribution >= 4 is 17.3 Å². The van der Waals surface area contributed by atoms with Gasteiger partial charge in [0.05, 0.1) is 12.5 Å². The van der Waals surface area contributed by atoms with Crippen molar-refractivity contribution in [2.45, 2.75) is 50.0 Å². The minimum Gasteiger partial charge on any atom is -0.481 e. The largest absolute Gasteiger partial charge is 0.481 e. The molecule has 1 heterocycles. The Kier molecular flexibility index (Phi) is 6.85. The average Bonchev–Trinajstić information content (AvgIpc) is 3.48. The van der Waals surface area contributed by atoms with Crippen LogP contribution >= 0.6 is 11.3 Å². The maximum absolute atomic E-state index is 11.2. The van der Waals surface area contributed by atoms with Crippen molar-refractivity contribution in [1.82, 2.24) is 0 Å². The van der Waals surface area contributed by atoms with E-state index in [1.54, 1.807) is 11.3 Å². The molecule has 2 N–H and O–H groups in total. The van der Waals surface area contributed by atoms with E-state index in [4.69, 9.17) is 0 Å². The second-order valence-corrected chi connectivity index (χ2v) is 10.5. The maximum atomic E-state index is 11.2. The van der Waals surface area contributed by atoms with Crippen LogP contribution in [0.15, 0.2) is 90.3 Å². The van der Waals surface area contributed by atoms with Gasteiger partial charge in [0.15, 0.2) is 0 Å². The highest BCUT2D eigenvalue weighted by molar-refractivity contribution is 7.13. The molecular formula is C31H30O3S. The molecule has 0 spiro atoms. The van der Waals surface area contributed by atoms with Gasteiger partial charge in [-0.1, -0.05) is 78.9 Å². The molecule has 1 saturated carbocycles. The number of hydrogen-bond acceptors (Lipinski definition) is 3. The first-order valence-corrected chi connectivity index (χ1v) is 13.1. The molecule has 178 valence electrons. The molecular weight excluding hydrogens is 452 g/mol. The van der Waals surface area contributed by atoms with Crippen LogP contribution in [0.5, 0.6) is 0 Å². The van der Waals surface area contributed by atoms with Crippen molar-refractivity contribution in [1.29, 1.82) is 0 Å². The number of aliphatic hydroxyl groups is 1. The molecule has 1 fully saturated rings. The summed E-state index contributed by atoms with van der Waals surface area (Å²) in [5, 5.41) is 22.2. The molecule has 0 radical (unpaired) electrons. The van der Waals surface area contributed by atoms with Gasteiger partial charge in [-0.05, 0) is 76.9 Å². The zero-order valence-corrected chi connectivity index (χ0v) is 20.5. The van der Waals surface area contributed by atoms with Gasteiger partial charge in [-0.25, -0.2) is 0 Å². The zero-order valence-electron chi connectivity index (χ0n) is 19.7. The van der Waals surface area contributed by atoms with Crippen LogP contribution in [0.25, 0.3) is 21.6 Å². The molecule has 3 nitrogen and oxygen atoms in total. The van der Waals surface area contributed by atoms with Crippen LogP contribution in [-0.2, 0) is 16.6 Å². The Labute approximate surface area is 210 Å². The Balaban J connectivity index is 1.25. The Bertz CT molecular complexity index is 1270. The number of carboxylic acid groups (broad SMARTS) is 1. The van der Waals surface area contributed by atoms with Crippen LogP contribution in [-0.4, -0.2) is 16.2 Å². The van der Waals surface area contributed by atoms with E-state index in [2.05, 4.69) is 78.2 Å². The lowest BCUT2D eigenvalue weighted by Crippen LogP contribution is -2.12. The van der Waals surface area contributed by atoms with Crippen molar-refractivity contribution in [2.75, 3.05) is 0 Å². The fourth-order valence-electron chi connectivity index (χ4n) is 4.95. The Morgan fingerprint density at radius 2 is 1.49 bits per heavy atom. The second kappa shape index (κ2) is 10.2. The molecule has 4 heteroatoms. The number of carbonyl (C=O) groups is 1. The number of carboxylic acids is 1. The van der Waals surface area contributed by atoms with E-state index in [0.717, 1.165) is 64.8 Å². The zero-order chi connectivity index (χ0) is 24.3. The molecule has 1 aromatic heterocycles. The highest BCUT2D eigenvalue weighted by Gasteiger charge is 2.45. The van der Waals surface area contributed by atoms with Gasteiger partial charge in [-0.2, -0.15) is 0 Å². The third-order valence-corrected chi connectivity index (χ3v) is 8.14. The summed E-state index contributed by atoms with van der Waals surface area (Å²) < 4.78 is 0. The van der Waals surface area contributed by atoms with E-state index in [1.165, 1.54) is 5.56 Å². The Morgan fingerprint density at radius 3 is 2.11 bits per heavy atom. The van der Waals surface area contributed by atoms with Crippen molar-refractivity contribution in [3.05, 3.63) is 107 Å². The predicted octanol–water partition coefficient (Wildman–Crippen LogP) is 7.64. The van der Waals surface area contributed by atoms with Crippen molar-refractivity contribution in [3.63, 3.8) is 0 Å². The van der Waals surface area contributed by atoms with Gasteiger partial charge >= 0.3 is 5.97 Å². The highest BCUT2D eigenvalue weighted by atomic mass is 32.1. The van der Waals surface area contributed by atoms with Gasteiger partial charge in [0.25, 0.3) is 0 Å². The Hall–Kier alpha value is -3.21. The van der Waals surface area contributed by atoms with Crippen LogP contribution < -0.4 is 0 Å². The van der Waals surface area contributed by atoms with Crippen LogP contribution in [0, 0.1) is 0 Å². The van der Waals surface area contributed by atoms with Crippen LogP contribution in [0.3, 0.4) is 0 Å². The minimum atomic E-state index is -0.726. The van der Waals surface area contributed by atoms with Gasteiger partial charge in [-0.3, -0.25) is 4.79 Å². The lowest BCUT2D eigenvalue weighted by Gasteiger charge is -2.14. The van der Waals surface area contributed by atoms with E-state index in [-0.39, 0.29) is 11.8 Å². The number of aliphatic carboxylic acids is 1. The molecule has 0 amide bonds. The molecule has 1 aliphatic rings. The summed E-state index contributed by atoms with van der Waals surface area (Å²) in [4.78, 5) is 12.3. The van der Waals surface area contributed by atoms with E-state index in [1.807, 2.05) is 12.1 Å². The molecule has 0 aliphatic heterocycles. The molecule has 1 unspecified atom stereocenters. The predicted molar refractivity (Wildman–Crippen MR) is 143 cm³/mol. The fraction of sp³-hybridized carbons (Fsp3) is 0.258. The maximum Gasteiger partial charge on any atom is 0.304 e. The monoisotopic (exact) mass is 482 g/mol. The number of aryl methyl sites for hydroxylation is 1. The average molecular weight is 483 g/mol. The van der Waals surface area contributed by atoms with Gasteiger partial charge < -0.3 is 10.2 Å². The molecule has 1 atom stereocenters. The van der Waals surface area contributed by atoms with E-state index in [0.29, 0.717) is 0 Å². The lowest BCUT2D eigenvalue weighted by atomic mass is 9.91. The van der Waals surface area contributed by atoms with Gasteiger partial charge in [0.2, 0.25) is 0 Å². The van der Waals surface area contributed by atoms with Gasteiger partial charge in [0, 0.05) is 10.3 Å². The Morgan fingerprint density at radius 1 is 0.857 bits per heavy atom. The summed E-state index contributed by atoms with van der Waals surface area (Å²) in [6.07, 6.45) is 4.32. The van der Waals surface area contributed by atoms with Crippen LogP contribution in [0.2, 0.25) is 0 Å².